The van der Waals surface area contributed by atoms with E-state index in [0.29, 0.717) is 56.9 Å². The van der Waals surface area contributed by atoms with Crippen LogP contribution in [-0.2, 0) is 4.79 Å². The number of aromatic amines is 2. The van der Waals surface area contributed by atoms with E-state index in [4.69, 9.17) is 9.40 Å². The van der Waals surface area contributed by atoms with Crippen LogP contribution in [0.3, 0.4) is 0 Å². The molecule has 0 spiro atoms. The van der Waals surface area contributed by atoms with E-state index in [1.54, 1.807) is 61.4 Å². The van der Waals surface area contributed by atoms with Gasteiger partial charge in [0.2, 0.25) is 5.91 Å². The molecule has 0 aliphatic heterocycles. The van der Waals surface area contributed by atoms with E-state index in [2.05, 4.69) is 30.5 Å². The number of imidazole rings is 1. The molecule has 3 N–H and O–H groups in total. The topological polar surface area (TPSA) is 125 Å². The van der Waals surface area contributed by atoms with Gasteiger partial charge in [-0.05, 0) is 35.7 Å². The van der Waals surface area contributed by atoms with Crippen LogP contribution in [0.15, 0.2) is 65.9 Å². The van der Waals surface area contributed by atoms with Gasteiger partial charge in [-0.3, -0.25) is 19.9 Å². The van der Waals surface area contributed by atoms with Gasteiger partial charge in [-0.2, -0.15) is 5.10 Å². The Hall–Kier alpha value is -4.86. The fraction of sp³-hybridized carbons (Fsp3) is 0.179. The maximum absolute atomic E-state index is 16.1. The van der Waals surface area contributed by atoms with Crippen molar-refractivity contribution in [2.24, 2.45) is 5.41 Å². The highest BCUT2D eigenvalue weighted by molar-refractivity contribution is 5.98. The van der Waals surface area contributed by atoms with E-state index in [1.165, 1.54) is 0 Å². The van der Waals surface area contributed by atoms with Crippen molar-refractivity contribution in [1.29, 1.82) is 0 Å². The van der Waals surface area contributed by atoms with Gasteiger partial charge < -0.3 is 14.7 Å². The van der Waals surface area contributed by atoms with Crippen molar-refractivity contribution in [2.75, 3.05) is 5.32 Å². The van der Waals surface area contributed by atoms with Gasteiger partial charge >= 0.3 is 0 Å². The van der Waals surface area contributed by atoms with Gasteiger partial charge in [0.1, 0.15) is 22.7 Å². The SMILES string of the molecule is CC(C)(C)CC(=O)Nc1cncc(-c2ccc3[nH]nc(-c4nc5c(-c6ccoc6)nccc5[nH]4)c3c2F)c1. The van der Waals surface area contributed by atoms with Crippen molar-refractivity contribution in [3.63, 3.8) is 0 Å². The van der Waals surface area contributed by atoms with E-state index < -0.39 is 5.82 Å². The van der Waals surface area contributed by atoms with Crippen molar-refractivity contribution in [3.8, 4) is 33.9 Å². The predicted octanol–water partition coefficient (Wildman–Crippen LogP) is 6.34. The molecule has 0 saturated carbocycles. The number of hydrogen-bond donors (Lipinski definition) is 3. The molecule has 6 rings (SSSR count). The van der Waals surface area contributed by atoms with Crippen molar-refractivity contribution in [2.45, 2.75) is 27.2 Å². The van der Waals surface area contributed by atoms with Crippen LogP contribution in [0.1, 0.15) is 27.2 Å². The van der Waals surface area contributed by atoms with E-state index in [-0.39, 0.29) is 11.3 Å². The number of benzene rings is 1. The standard InChI is InChI=1S/C28H24FN7O2/c1-28(2,3)11-21(37)32-17-10-16(12-30-13-17)18-4-5-19-22(23(18)29)26(36-35-19)27-33-20-6-8-31-24(25(20)34-27)15-7-9-38-14-15/h4-10,12-14H,11H2,1-3H3,(H,32,37)(H,33,34)(H,35,36). The minimum Gasteiger partial charge on any atom is -0.472 e. The molecule has 1 amide bonds. The van der Waals surface area contributed by atoms with Crippen molar-refractivity contribution >= 4 is 33.5 Å². The number of anilines is 1. The van der Waals surface area contributed by atoms with Crippen LogP contribution in [0.5, 0.6) is 0 Å². The molecule has 5 aromatic heterocycles. The monoisotopic (exact) mass is 509 g/mol. The number of halogens is 1. The number of pyridine rings is 2. The third-order valence-corrected chi connectivity index (χ3v) is 6.11. The van der Waals surface area contributed by atoms with Gasteiger partial charge in [0.15, 0.2) is 5.82 Å². The zero-order valence-electron chi connectivity index (χ0n) is 21.0. The van der Waals surface area contributed by atoms with Gasteiger partial charge in [0.25, 0.3) is 0 Å². The Morgan fingerprint density at radius 2 is 1.95 bits per heavy atom. The molecule has 0 bridgehead atoms. The van der Waals surface area contributed by atoms with Crippen molar-refractivity contribution in [1.82, 2.24) is 30.1 Å². The van der Waals surface area contributed by atoms with E-state index in [1.807, 2.05) is 20.8 Å². The molecule has 5 heterocycles. The average molecular weight is 510 g/mol. The number of H-pyrrole nitrogens is 2. The predicted molar refractivity (Wildman–Crippen MR) is 143 cm³/mol. The van der Waals surface area contributed by atoms with E-state index in [0.717, 1.165) is 11.1 Å². The molecule has 0 aliphatic carbocycles. The van der Waals surface area contributed by atoms with Crippen LogP contribution in [0.2, 0.25) is 0 Å². The largest absolute Gasteiger partial charge is 0.472 e. The molecule has 0 fully saturated rings. The molecule has 0 saturated heterocycles. The average Bonchev–Trinajstić information content (AvgIpc) is 3.62. The van der Waals surface area contributed by atoms with Gasteiger partial charge in [-0.15, -0.1) is 0 Å². The van der Waals surface area contributed by atoms with Crippen molar-refractivity contribution < 1.29 is 13.6 Å². The van der Waals surface area contributed by atoms with Gasteiger partial charge in [0, 0.05) is 35.5 Å². The second-order valence-corrected chi connectivity index (χ2v) is 10.3. The molecule has 0 aliphatic rings. The second-order valence-electron chi connectivity index (χ2n) is 10.3. The number of aromatic nitrogens is 6. The number of carbonyl (C=O) groups excluding carboxylic acids is 1. The summed E-state index contributed by atoms with van der Waals surface area (Å²) in [5.74, 6) is -0.195. The Bertz CT molecular complexity index is 1800. The lowest BCUT2D eigenvalue weighted by Gasteiger charge is -2.17. The van der Waals surface area contributed by atoms with Crippen LogP contribution in [0, 0.1) is 11.2 Å². The fourth-order valence-electron chi connectivity index (χ4n) is 4.47. The zero-order chi connectivity index (χ0) is 26.4. The maximum Gasteiger partial charge on any atom is 0.224 e. The highest BCUT2D eigenvalue weighted by Gasteiger charge is 2.21. The van der Waals surface area contributed by atoms with E-state index in [9.17, 15) is 4.79 Å². The molecule has 0 radical (unpaired) electrons. The lowest BCUT2D eigenvalue weighted by Crippen LogP contribution is -2.19. The third kappa shape index (κ3) is 4.30. The first kappa shape index (κ1) is 23.5. The summed E-state index contributed by atoms with van der Waals surface area (Å²) >= 11 is 0. The first-order chi connectivity index (χ1) is 18.3. The summed E-state index contributed by atoms with van der Waals surface area (Å²) in [6.45, 7) is 5.97. The second kappa shape index (κ2) is 8.91. The summed E-state index contributed by atoms with van der Waals surface area (Å²) in [4.78, 5) is 29.0. The summed E-state index contributed by atoms with van der Waals surface area (Å²) < 4.78 is 21.3. The van der Waals surface area contributed by atoms with Crippen LogP contribution in [-0.4, -0.2) is 36.0 Å². The number of nitrogens with zero attached hydrogens (tertiary/aromatic N) is 4. The molecule has 10 heteroatoms. The number of amides is 1. The number of furan rings is 1. The highest BCUT2D eigenvalue weighted by Crippen LogP contribution is 2.35. The molecule has 6 aromatic rings. The number of carbonyl (C=O) groups is 1. The van der Waals surface area contributed by atoms with Gasteiger partial charge in [-0.1, -0.05) is 20.8 Å². The quantitative estimate of drug-likeness (QED) is 0.249. The smallest absolute Gasteiger partial charge is 0.224 e. The minimum absolute atomic E-state index is 0.126. The molecule has 0 unspecified atom stereocenters. The van der Waals surface area contributed by atoms with Crippen LogP contribution in [0.4, 0.5) is 10.1 Å². The summed E-state index contributed by atoms with van der Waals surface area (Å²) in [5, 5.41) is 10.4. The van der Waals surface area contributed by atoms with E-state index >= 15 is 4.39 Å². The number of rotatable bonds is 5. The fourth-order valence-corrected chi connectivity index (χ4v) is 4.47. The minimum atomic E-state index is -0.472. The Labute approximate surface area is 216 Å². The summed E-state index contributed by atoms with van der Waals surface area (Å²) in [5.41, 5.74) is 4.87. The molecule has 9 nitrogen and oxygen atoms in total. The van der Waals surface area contributed by atoms with Crippen molar-refractivity contribution in [3.05, 3.63) is 67.3 Å². The first-order valence-corrected chi connectivity index (χ1v) is 12.1. The lowest BCUT2D eigenvalue weighted by molar-refractivity contribution is -0.117. The third-order valence-electron chi connectivity index (χ3n) is 6.11. The zero-order valence-corrected chi connectivity index (χ0v) is 21.0. The Morgan fingerprint density at radius 1 is 1.08 bits per heavy atom. The number of nitrogens with one attached hydrogen (secondary N) is 3. The van der Waals surface area contributed by atoms with Gasteiger partial charge in [-0.25, -0.2) is 9.37 Å². The lowest BCUT2D eigenvalue weighted by atomic mass is 9.92. The summed E-state index contributed by atoms with van der Waals surface area (Å²) in [6.07, 6.45) is 8.30. The molecule has 190 valence electrons. The normalized spacial score (nSPS) is 11.9. The molecular weight excluding hydrogens is 485 g/mol. The van der Waals surface area contributed by atoms with Crippen LogP contribution in [0.25, 0.3) is 55.8 Å². The first-order valence-electron chi connectivity index (χ1n) is 12.1. The Kier molecular flexibility index (Phi) is 5.52. The highest BCUT2D eigenvalue weighted by atomic mass is 19.1. The molecular formula is C28H24FN7O2. The Balaban J connectivity index is 1.40. The maximum atomic E-state index is 16.1. The molecule has 0 atom stereocenters. The van der Waals surface area contributed by atoms with Crippen LogP contribution < -0.4 is 5.32 Å². The Morgan fingerprint density at radius 3 is 2.74 bits per heavy atom. The number of hydrogen-bond acceptors (Lipinski definition) is 6. The number of fused-ring (bicyclic) bond motifs is 2. The molecule has 38 heavy (non-hydrogen) atoms. The summed E-state index contributed by atoms with van der Waals surface area (Å²) in [6, 6.07) is 8.74. The van der Waals surface area contributed by atoms with Crippen LogP contribution >= 0.6 is 0 Å². The summed E-state index contributed by atoms with van der Waals surface area (Å²) in [7, 11) is 0. The molecule has 1 aromatic carbocycles. The van der Waals surface area contributed by atoms with Gasteiger partial charge in [0.05, 0.1) is 40.8 Å².